The third kappa shape index (κ3) is 15.5. The number of ether oxygens (including phenoxy) is 3. The lowest BCUT2D eigenvalue weighted by Gasteiger charge is -2.30. The van der Waals surface area contributed by atoms with Gasteiger partial charge in [0, 0.05) is 0 Å². The molecule has 0 radical (unpaired) electrons. The summed E-state index contributed by atoms with van der Waals surface area (Å²) in [7, 11) is 0. The zero-order chi connectivity index (χ0) is 45.4. The van der Waals surface area contributed by atoms with Crippen LogP contribution < -0.4 is 14.2 Å². The van der Waals surface area contributed by atoms with Gasteiger partial charge in [-0.25, -0.2) is 0 Å². The van der Waals surface area contributed by atoms with Crippen molar-refractivity contribution in [1.82, 2.24) is 0 Å². The molecule has 0 unspecified atom stereocenters. The van der Waals surface area contributed by atoms with Crippen LogP contribution >= 0.6 is 0 Å². The van der Waals surface area contributed by atoms with Crippen molar-refractivity contribution in [3.05, 3.63) is 196 Å². The molecule has 6 aromatic carbocycles. The van der Waals surface area contributed by atoms with Crippen LogP contribution in [0.25, 0.3) is 36.5 Å². The van der Waals surface area contributed by atoms with Crippen molar-refractivity contribution >= 4 is 36.5 Å². The highest BCUT2D eigenvalue weighted by Gasteiger charge is 2.33. The van der Waals surface area contributed by atoms with Gasteiger partial charge >= 0.3 is 0 Å². The quantitative estimate of drug-likeness (QED) is 0.0318. The van der Waals surface area contributed by atoms with E-state index in [4.69, 9.17) is 14.2 Å². The summed E-state index contributed by atoms with van der Waals surface area (Å²) in [4.78, 5) is 0. The van der Waals surface area contributed by atoms with Crippen molar-refractivity contribution in [1.29, 1.82) is 0 Å². The molecule has 6 rings (SSSR count). The van der Waals surface area contributed by atoms with Gasteiger partial charge in [0.05, 0.1) is 19.8 Å². The van der Waals surface area contributed by atoms with Gasteiger partial charge in [0.25, 0.3) is 0 Å². The van der Waals surface area contributed by atoms with Gasteiger partial charge < -0.3 is 19.3 Å². The van der Waals surface area contributed by atoms with Crippen molar-refractivity contribution in [2.75, 3.05) is 19.8 Å². The van der Waals surface area contributed by atoms with E-state index in [2.05, 4.69) is 130 Å². The van der Waals surface area contributed by atoms with Gasteiger partial charge in [0.2, 0.25) is 0 Å². The van der Waals surface area contributed by atoms with Gasteiger partial charge in [-0.1, -0.05) is 224 Å². The van der Waals surface area contributed by atoms with Crippen LogP contribution in [0.5, 0.6) is 17.2 Å². The Hall–Kier alpha value is -6.10. The zero-order valence-electron chi connectivity index (χ0n) is 39.1. The third-order valence-electron chi connectivity index (χ3n) is 11.8. The predicted molar refractivity (Wildman–Crippen MR) is 276 cm³/mol. The van der Waals surface area contributed by atoms with Crippen LogP contribution in [0, 0.1) is 0 Å². The Morgan fingerprint density at radius 2 is 0.523 bits per heavy atom. The fraction of sp³-hybridized carbons (Fsp3) is 0.311. The Morgan fingerprint density at radius 1 is 0.308 bits per heavy atom. The van der Waals surface area contributed by atoms with E-state index in [1.807, 2.05) is 72.8 Å². The Labute approximate surface area is 390 Å². The summed E-state index contributed by atoms with van der Waals surface area (Å²) >= 11 is 0. The Kier molecular flexibility index (Phi) is 19.8. The SMILES string of the molecule is CCCCCCOc1ccc(/C=C/c2ccc(C(O)(c3ccc(/C=C/c4ccc(OCCCCCC)cc4)cc3)c3ccc(/C=C/c4ccc(OCCCCCC)cc4)cc3)cc2)cc1. The Balaban J connectivity index is 1.16. The molecule has 0 bridgehead atoms. The molecule has 4 nitrogen and oxygen atoms in total. The summed E-state index contributed by atoms with van der Waals surface area (Å²) in [5.74, 6) is 2.72. The molecule has 0 aliphatic heterocycles. The van der Waals surface area contributed by atoms with E-state index in [9.17, 15) is 5.11 Å². The lowest BCUT2D eigenvalue weighted by Crippen LogP contribution is -2.28. The van der Waals surface area contributed by atoms with Crippen LogP contribution in [-0.2, 0) is 5.60 Å². The maximum Gasteiger partial charge on any atom is 0.140 e. The van der Waals surface area contributed by atoms with Crippen molar-refractivity contribution in [2.45, 2.75) is 103 Å². The number of hydrogen-bond acceptors (Lipinski definition) is 4. The van der Waals surface area contributed by atoms with Crippen LogP contribution in [0.2, 0.25) is 0 Å². The van der Waals surface area contributed by atoms with E-state index in [0.717, 1.165) is 106 Å². The number of rotatable bonds is 27. The molecule has 0 spiro atoms. The molecule has 0 aliphatic carbocycles. The van der Waals surface area contributed by atoms with Gasteiger partial charge in [0.1, 0.15) is 22.8 Å². The monoisotopic (exact) mass is 867 g/mol. The molecule has 6 aromatic rings. The molecule has 338 valence electrons. The van der Waals surface area contributed by atoms with E-state index < -0.39 is 5.60 Å². The van der Waals surface area contributed by atoms with Gasteiger partial charge in [-0.15, -0.1) is 0 Å². The van der Waals surface area contributed by atoms with E-state index in [-0.39, 0.29) is 0 Å². The minimum absolute atomic E-state index is 0.756. The smallest absolute Gasteiger partial charge is 0.140 e. The highest BCUT2D eigenvalue weighted by Crippen LogP contribution is 2.37. The lowest BCUT2D eigenvalue weighted by molar-refractivity contribution is 0.125. The first-order valence-electron chi connectivity index (χ1n) is 24.2. The maximum absolute atomic E-state index is 12.9. The molecule has 0 aliphatic rings. The van der Waals surface area contributed by atoms with E-state index in [1.54, 1.807) is 0 Å². The van der Waals surface area contributed by atoms with Crippen LogP contribution in [-0.4, -0.2) is 24.9 Å². The number of benzene rings is 6. The molecular formula is C61H70O4. The highest BCUT2D eigenvalue weighted by molar-refractivity contribution is 5.72. The van der Waals surface area contributed by atoms with E-state index in [0.29, 0.717) is 0 Å². The molecular weight excluding hydrogens is 797 g/mol. The first-order chi connectivity index (χ1) is 32.0. The fourth-order valence-electron chi connectivity index (χ4n) is 7.77. The summed E-state index contributed by atoms with van der Waals surface area (Å²) in [6, 6.07) is 49.4. The van der Waals surface area contributed by atoms with E-state index in [1.165, 1.54) is 57.8 Å². The molecule has 0 atom stereocenters. The molecule has 0 aromatic heterocycles. The van der Waals surface area contributed by atoms with Crippen LogP contribution in [0.4, 0.5) is 0 Å². The Morgan fingerprint density at radius 3 is 0.738 bits per heavy atom. The van der Waals surface area contributed by atoms with Crippen LogP contribution in [0.15, 0.2) is 146 Å². The first-order valence-corrected chi connectivity index (χ1v) is 24.2. The molecule has 0 saturated heterocycles. The lowest BCUT2D eigenvalue weighted by atomic mass is 9.79. The minimum atomic E-state index is -1.39. The number of hydrogen-bond donors (Lipinski definition) is 1. The highest BCUT2D eigenvalue weighted by atomic mass is 16.5. The van der Waals surface area contributed by atoms with E-state index >= 15 is 0 Å². The first kappa shape index (κ1) is 48.4. The second kappa shape index (κ2) is 26.6. The summed E-state index contributed by atoms with van der Waals surface area (Å²) in [5, 5.41) is 12.9. The topological polar surface area (TPSA) is 47.9 Å². The molecule has 65 heavy (non-hydrogen) atoms. The summed E-state index contributed by atoms with van der Waals surface area (Å²) in [6.45, 7) is 8.94. The maximum atomic E-state index is 12.9. The molecule has 0 amide bonds. The van der Waals surface area contributed by atoms with Crippen molar-refractivity contribution in [2.24, 2.45) is 0 Å². The average Bonchev–Trinajstić information content (AvgIpc) is 3.35. The molecule has 0 heterocycles. The normalized spacial score (nSPS) is 11.8. The number of aliphatic hydroxyl groups is 1. The average molecular weight is 867 g/mol. The molecule has 4 heteroatoms. The van der Waals surface area contributed by atoms with Gasteiger partial charge in [-0.2, -0.15) is 0 Å². The summed E-state index contributed by atoms with van der Waals surface area (Å²) < 4.78 is 17.8. The number of unbranched alkanes of at least 4 members (excludes halogenated alkanes) is 9. The van der Waals surface area contributed by atoms with Crippen molar-refractivity contribution in [3.8, 4) is 17.2 Å². The molecule has 0 saturated carbocycles. The third-order valence-corrected chi connectivity index (χ3v) is 11.8. The van der Waals surface area contributed by atoms with Gasteiger partial charge in [-0.3, -0.25) is 0 Å². The molecule has 1 N–H and O–H groups in total. The van der Waals surface area contributed by atoms with Crippen LogP contribution in [0.1, 0.15) is 148 Å². The molecule has 0 fully saturated rings. The second-order valence-electron chi connectivity index (χ2n) is 17.0. The van der Waals surface area contributed by atoms with Crippen molar-refractivity contribution < 1.29 is 19.3 Å². The minimum Gasteiger partial charge on any atom is -0.494 e. The van der Waals surface area contributed by atoms with Gasteiger partial charge in [0.15, 0.2) is 0 Å². The predicted octanol–water partition coefficient (Wildman–Crippen LogP) is 16.4. The zero-order valence-corrected chi connectivity index (χ0v) is 39.1. The fourth-order valence-corrected chi connectivity index (χ4v) is 7.77. The second-order valence-corrected chi connectivity index (χ2v) is 17.0. The summed E-state index contributed by atoms with van der Waals surface area (Å²) in [6.07, 6.45) is 27.0. The van der Waals surface area contributed by atoms with Crippen LogP contribution in [0.3, 0.4) is 0 Å². The summed E-state index contributed by atoms with van der Waals surface area (Å²) in [5.41, 5.74) is 7.44. The van der Waals surface area contributed by atoms with Gasteiger partial charge in [-0.05, 0) is 106 Å². The standard InChI is InChI=1S/C61H70O4/c1-4-7-10-13-46-63-58-40-28-52(29-41-58)19-16-49-22-34-55(35-23-49)61(62,56-36-24-50(25-37-56)17-20-53-30-42-59(43-31-53)64-47-14-11-8-5-2)57-38-26-51(27-39-57)18-21-54-32-44-60(45-33-54)65-48-15-12-9-6-3/h16-45,62H,4-15,46-48H2,1-3H3/b19-16+,20-17+,21-18+. The van der Waals surface area contributed by atoms with Crippen molar-refractivity contribution in [3.63, 3.8) is 0 Å². The largest absolute Gasteiger partial charge is 0.494 e. The Bertz CT molecular complexity index is 2050.